The average Bonchev–Trinajstić information content (AvgIpc) is 2.76. The number of fused-ring (bicyclic) bond motifs is 1. The van der Waals surface area contributed by atoms with Crippen molar-refractivity contribution in [1.29, 1.82) is 0 Å². The Kier molecular flexibility index (Phi) is 7.43. The van der Waals surface area contributed by atoms with Crippen molar-refractivity contribution in [1.82, 2.24) is 0 Å². The molecule has 30 heavy (non-hydrogen) atoms. The topological polar surface area (TPSA) is 82.1 Å². The maximum absolute atomic E-state index is 12.5. The number of Topliss-reactive ketones (excluding diaryl/α,β-unsaturated/α-hetero) is 1. The summed E-state index contributed by atoms with van der Waals surface area (Å²) < 4.78 is 16.0. The highest BCUT2D eigenvalue weighted by atomic mass is 16.5. The van der Waals surface area contributed by atoms with Gasteiger partial charge in [0, 0.05) is 18.5 Å². The van der Waals surface area contributed by atoms with Crippen LogP contribution in [0.3, 0.4) is 0 Å². The zero-order chi connectivity index (χ0) is 21.3. The SMILES string of the molecule is CCOC(=O)CCC(=O)c1ccc2c(c1)N(CCCOc1ccccc1)C(=O)CO2. The fraction of sp³-hybridized carbons (Fsp3) is 0.348. The molecule has 158 valence electrons. The van der Waals surface area contributed by atoms with Gasteiger partial charge in [-0.3, -0.25) is 14.4 Å². The van der Waals surface area contributed by atoms with E-state index in [0.29, 0.717) is 36.6 Å². The van der Waals surface area contributed by atoms with Crippen LogP contribution in [0.15, 0.2) is 48.5 Å². The van der Waals surface area contributed by atoms with Crippen LogP contribution in [0.2, 0.25) is 0 Å². The molecule has 1 heterocycles. The largest absolute Gasteiger partial charge is 0.494 e. The Hall–Kier alpha value is -3.35. The van der Waals surface area contributed by atoms with Crippen LogP contribution in [0, 0.1) is 0 Å². The first kappa shape index (κ1) is 21.4. The molecular formula is C23H25NO6. The summed E-state index contributed by atoms with van der Waals surface area (Å²) in [5, 5.41) is 0. The van der Waals surface area contributed by atoms with Crippen LogP contribution in [-0.4, -0.2) is 44.0 Å². The van der Waals surface area contributed by atoms with Crippen LogP contribution in [0.25, 0.3) is 0 Å². The number of carbonyl (C=O) groups is 3. The van der Waals surface area contributed by atoms with Crippen molar-refractivity contribution >= 4 is 23.3 Å². The molecule has 0 saturated carbocycles. The first-order valence-electron chi connectivity index (χ1n) is 10.0. The molecule has 0 aromatic heterocycles. The molecule has 3 rings (SSSR count). The highest BCUT2D eigenvalue weighted by molar-refractivity contribution is 6.02. The second kappa shape index (κ2) is 10.4. The van der Waals surface area contributed by atoms with Crippen molar-refractivity contribution in [2.45, 2.75) is 26.2 Å². The van der Waals surface area contributed by atoms with Gasteiger partial charge in [-0.05, 0) is 43.7 Å². The Morgan fingerprint density at radius 3 is 2.67 bits per heavy atom. The molecule has 7 nitrogen and oxygen atoms in total. The maximum Gasteiger partial charge on any atom is 0.306 e. The number of carbonyl (C=O) groups excluding carboxylic acids is 3. The molecule has 0 atom stereocenters. The molecule has 0 spiro atoms. The lowest BCUT2D eigenvalue weighted by Crippen LogP contribution is -2.40. The van der Waals surface area contributed by atoms with Crippen molar-refractivity contribution in [3.8, 4) is 11.5 Å². The number of hydrogen-bond donors (Lipinski definition) is 0. The molecule has 0 fully saturated rings. The Labute approximate surface area is 175 Å². The van der Waals surface area contributed by atoms with Crippen molar-refractivity contribution in [2.75, 3.05) is 31.3 Å². The van der Waals surface area contributed by atoms with Gasteiger partial charge in [0.1, 0.15) is 11.5 Å². The van der Waals surface area contributed by atoms with E-state index in [2.05, 4.69) is 0 Å². The van der Waals surface area contributed by atoms with Gasteiger partial charge in [0.15, 0.2) is 12.4 Å². The van der Waals surface area contributed by atoms with E-state index in [1.54, 1.807) is 30.0 Å². The first-order chi connectivity index (χ1) is 14.6. The van der Waals surface area contributed by atoms with E-state index >= 15 is 0 Å². The molecule has 0 N–H and O–H groups in total. The number of anilines is 1. The number of ketones is 1. The van der Waals surface area contributed by atoms with Gasteiger partial charge in [-0.25, -0.2) is 0 Å². The van der Waals surface area contributed by atoms with E-state index in [4.69, 9.17) is 14.2 Å². The van der Waals surface area contributed by atoms with E-state index in [9.17, 15) is 14.4 Å². The molecule has 0 radical (unpaired) electrons. The second-order valence-electron chi connectivity index (χ2n) is 6.76. The Morgan fingerprint density at radius 2 is 1.90 bits per heavy atom. The molecule has 1 aliphatic rings. The average molecular weight is 411 g/mol. The van der Waals surface area contributed by atoms with E-state index < -0.39 is 5.97 Å². The van der Waals surface area contributed by atoms with Gasteiger partial charge in [-0.1, -0.05) is 18.2 Å². The highest BCUT2D eigenvalue weighted by Crippen LogP contribution is 2.33. The Morgan fingerprint density at radius 1 is 1.10 bits per heavy atom. The number of amides is 1. The molecule has 0 unspecified atom stereocenters. The summed E-state index contributed by atoms with van der Waals surface area (Å²) in [5.74, 6) is 0.582. The first-order valence-corrected chi connectivity index (χ1v) is 10.0. The molecule has 1 amide bonds. The Balaban J connectivity index is 1.62. The van der Waals surface area contributed by atoms with Crippen molar-refractivity contribution in [2.24, 2.45) is 0 Å². The van der Waals surface area contributed by atoms with Gasteiger partial charge < -0.3 is 19.1 Å². The molecule has 2 aromatic rings. The molecule has 0 bridgehead atoms. The van der Waals surface area contributed by atoms with Crippen LogP contribution >= 0.6 is 0 Å². The summed E-state index contributed by atoms with van der Waals surface area (Å²) in [6, 6.07) is 14.5. The van der Waals surface area contributed by atoms with Crippen LogP contribution < -0.4 is 14.4 Å². The third-order valence-electron chi connectivity index (χ3n) is 4.62. The third-order valence-corrected chi connectivity index (χ3v) is 4.62. The minimum Gasteiger partial charge on any atom is -0.494 e. The summed E-state index contributed by atoms with van der Waals surface area (Å²) in [4.78, 5) is 38.0. The molecule has 0 aliphatic carbocycles. The lowest BCUT2D eigenvalue weighted by Gasteiger charge is -2.29. The highest BCUT2D eigenvalue weighted by Gasteiger charge is 2.26. The molecule has 1 aliphatic heterocycles. The third kappa shape index (κ3) is 5.59. The van der Waals surface area contributed by atoms with E-state index in [1.807, 2.05) is 30.3 Å². The van der Waals surface area contributed by atoms with Gasteiger partial charge in [0.2, 0.25) is 0 Å². The van der Waals surface area contributed by atoms with E-state index in [-0.39, 0.29) is 37.7 Å². The van der Waals surface area contributed by atoms with Crippen molar-refractivity contribution in [3.63, 3.8) is 0 Å². The molecule has 2 aromatic carbocycles. The summed E-state index contributed by atoms with van der Waals surface area (Å²) in [5.41, 5.74) is 0.995. The second-order valence-corrected chi connectivity index (χ2v) is 6.76. The molecule has 0 saturated heterocycles. The van der Waals surface area contributed by atoms with Crippen molar-refractivity contribution in [3.05, 3.63) is 54.1 Å². The lowest BCUT2D eigenvalue weighted by molar-refractivity contribution is -0.143. The minimum absolute atomic E-state index is 0.0275. The maximum atomic E-state index is 12.5. The van der Waals surface area contributed by atoms with Gasteiger partial charge >= 0.3 is 5.97 Å². The normalized spacial score (nSPS) is 12.7. The number of ether oxygens (including phenoxy) is 3. The number of esters is 1. The summed E-state index contributed by atoms with van der Waals surface area (Å²) in [6.07, 6.45) is 0.707. The minimum atomic E-state index is -0.401. The standard InChI is InChI=1S/C23H25NO6/c1-2-28-23(27)12-10-20(25)17-9-11-21-19(15-17)24(22(26)16-30-21)13-6-14-29-18-7-4-3-5-8-18/h3-5,7-9,11,15H,2,6,10,12-14,16H2,1H3. The van der Waals surface area contributed by atoms with Crippen molar-refractivity contribution < 1.29 is 28.6 Å². The summed E-state index contributed by atoms with van der Waals surface area (Å²) in [7, 11) is 0. The zero-order valence-electron chi connectivity index (χ0n) is 17.0. The van der Waals surface area contributed by atoms with Gasteiger partial charge in [-0.2, -0.15) is 0 Å². The van der Waals surface area contributed by atoms with E-state index in [1.165, 1.54) is 0 Å². The van der Waals surface area contributed by atoms with Gasteiger partial charge in [0.25, 0.3) is 5.91 Å². The number of benzene rings is 2. The number of nitrogens with zero attached hydrogens (tertiary/aromatic N) is 1. The monoisotopic (exact) mass is 411 g/mol. The molecule has 7 heteroatoms. The number of para-hydroxylation sites is 1. The fourth-order valence-corrected chi connectivity index (χ4v) is 3.14. The smallest absolute Gasteiger partial charge is 0.306 e. The predicted octanol–water partition coefficient (Wildman–Crippen LogP) is 3.41. The van der Waals surface area contributed by atoms with Gasteiger partial charge in [0.05, 0.1) is 25.3 Å². The summed E-state index contributed by atoms with van der Waals surface area (Å²) in [6.45, 7) is 2.88. The quantitative estimate of drug-likeness (QED) is 0.339. The van der Waals surface area contributed by atoms with E-state index in [0.717, 1.165) is 5.75 Å². The summed E-state index contributed by atoms with van der Waals surface area (Å²) >= 11 is 0. The van der Waals surface area contributed by atoms with Crippen LogP contribution in [0.1, 0.15) is 36.5 Å². The van der Waals surface area contributed by atoms with Crippen LogP contribution in [0.4, 0.5) is 5.69 Å². The zero-order valence-corrected chi connectivity index (χ0v) is 17.0. The number of rotatable bonds is 10. The predicted molar refractivity (Wildman–Crippen MR) is 111 cm³/mol. The van der Waals surface area contributed by atoms with Gasteiger partial charge in [-0.15, -0.1) is 0 Å². The van der Waals surface area contributed by atoms with Crippen LogP contribution in [-0.2, 0) is 14.3 Å². The molecular weight excluding hydrogens is 386 g/mol. The lowest BCUT2D eigenvalue weighted by atomic mass is 10.0. The van der Waals surface area contributed by atoms with Crippen LogP contribution in [0.5, 0.6) is 11.5 Å². The number of hydrogen-bond acceptors (Lipinski definition) is 6. The Bertz CT molecular complexity index is 896. The fourth-order valence-electron chi connectivity index (χ4n) is 3.14.